The Balaban J connectivity index is 1.53. The van der Waals surface area contributed by atoms with E-state index in [0.717, 1.165) is 28.5 Å². The highest BCUT2D eigenvalue weighted by Crippen LogP contribution is 2.39. The van der Waals surface area contributed by atoms with Gasteiger partial charge < -0.3 is 9.47 Å². The van der Waals surface area contributed by atoms with Crippen LogP contribution < -0.4 is 9.47 Å². The van der Waals surface area contributed by atoms with Crippen LogP contribution in [-0.4, -0.2) is 23.2 Å². The van der Waals surface area contributed by atoms with Crippen LogP contribution in [-0.2, 0) is 17.9 Å². The SMILES string of the molecule is COc1cc(/C=C2\SC(=O)N(Cc3ccccc3C)C2=O)cc(Cl)c1OCc1ccc(Cl)cc1. The van der Waals surface area contributed by atoms with Gasteiger partial charge in [-0.2, -0.15) is 0 Å². The number of thioether (sulfide) groups is 1. The summed E-state index contributed by atoms with van der Waals surface area (Å²) in [6.07, 6.45) is 1.64. The third-order valence-electron chi connectivity index (χ3n) is 5.31. The molecule has 0 spiro atoms. The van der Waals surface area contributed by atoms with E-state index in [-0.39, 0.29) is 24.3 Å². The lowest BCUT2D eigenvalue weighted by Crippen LogP contribution is -2.27. The lowest BCUT2D eigenvalue weighted by atomic mass is 10.1. The van der Waals surface area contributed by atoms with Crippen LogP contribution in [0.15, 0.2) is 65.6 Å². The van der Waals surface area contributed by atoms with Crippen molar-refractivity contribution in [3.05, 3.63) is 97.9 Å². The topological polar surface area (TPSA) is 55.8 Å². The first-order chi connectivity index (χ1) is 16.4. The first kappa shape index (κ1) is 24.2. The summed E-state index contributed by atoms with van der Waals surface area (Å²) in [5.41, 5.74) is 3.50. The molecule has 0 aromatic heterocycles. The highest BCUT2D eigenvalue weighted by molar-refractivity contribution is 8.18. The number of methoxy groups -OCH3 is 1. The Morgan fingerprint density at radius 3 is 2.47 bits per heavy atom. The molecule has 1 fully saturated rings. The second kappa shape index (κ2) is 10.6. The van der Waals surface area contributed by atoms with E-state index in [1.165, 1.54) is 12.0 Å². The quantitative estimate of drug-likeness (QED) is 0.314. The Morgan fingerprint density at radius 2 is 1.76 bits per heavy atom. The van der Waals surface area contributed by atoms with Gasteiger partial charge >= 0.3 is 0 Å². The number of nitrogens with zero attached hydrogens (tertiary/aromatic N) is 1. The zero-order chi connectivity index (χ0) is 24.2. The van der Waals surface area contributed by atoms with E-state index in [4.69, 9.17) is 32.7 Å². The summed E-state index contributed by atoms with van der Waals surface area (Å²) in [6, 6.07) is 18.4. The van der Waals surface area contributed by atoms with Gasteiger partial charge in [0.15, 0.2) is 11.5 Å². The maximum atomic E-state index is 12.9. The van der Waals surface area contributed by atoms with Crippen LogP contribution in [0.25, 0.3) is 6.08 Å². The van der Waals surface area contributed by atoms with E-state index in [1.54, 1.807) is 30.3 Å². The van der Waals surface area contributed by atoms with Gasteiger partial charge in [0.25, 0.3) is 11.1 Å². The van der Waals surface area contributed by atoms with Crippen LogP contribution in [0.3, 0.4) is 0 Å². The van der Waals surface area contributed by atoms with Gasteiger partial charge in [0.05, 0.1) is 23.6 Å². The van der Waals surface area contributed by atoms with Crippen LogP contribution in [0.4, 0.5) is 4.79 Å². The number of carbonyl (C=O) groups is 2. The first-order valence-electron chi connectivity index (χ1n) is 10.4. The van der Waals surface area contributed by atoms with Gasteiger partial charge in [-0.1, -0.05) is 59.6 Å². The van der Waals surface area contributed by atoms with Gasteiger partial charge in [0, 0.05) is 5.02 Å². The van der Waals surface area contributed by atoms with Gasteiger partial charge in [-0.15, -0.1) is 0 Å². The smallest absolute Gasteiger partial charge is 0.293 e. The van der Waals surface area contributed by atoms with Crippen molar-refractivity contribution in [2.75, 3.05) is 7.11 Å². The molecule has 4 rings (SSSR count). The van der Waals surface area contributed by atoms with Crippen molar-refractivity contribution in [2.24, 2.45) is 0 Å². The Labute approximate surface area is 212 Å². The van der Waals surface area contributed by atoms with Crippen molar-refractivity contribution in [2.45, 2.75) is 20.1 Å². The van der Waals surface area contributed by atoms with Crippen LogP contribution in [0.1, 0.15) is 22.3 Å². The van der Waals surface area contributed by atoms with Crippen molar-refractivity contribution in [3.63, 3.8) is 0 Å². The highest BCUT2D eigenvalue weighted by atomic mass is 35.5. The number of imide groups is 1. The van der Waals surface area contributed by atoms with E-state index < -0.39 is 0 Å². The van der Waals surface area contributed by atoms with Crippen LogP contribution in [0, 0.1) is 6.92 Å². The molecule has 8 heteroatoms. The molecule has 2 amide bonds. The second-order valence-corrected chi connectivity index (χ2v) is 9.48. The lowest BCUT2D eigenvalue weighted by molar-refractivity contribution is -0.123. The van der Waals surface area contributed by atoms with Crippen LogP contribution in [0.2, 0.25) is 10.0 Å². The van der Waals surface area contributed by atoms with Crippen molar-refractivity contribution in [3.8, 4) is 11.5 Å². The molecule has 3 aromatic rings. The molecule has 0 N–H and O–H groups in total. The molecule has 1 saturated heterocycles. The predicted molar refractivity (Wildman–Crippen MR) is 136 cm³/mol. The lowest BCUT2D eigenvalue weighted by Gasteiger charge is -2.14. The average Bonchev–Trinajstić information content (AvgIpc) is 3.07. The zero-order valence-electron chi connectivity index (χ0n) is 18.5. The molecule has 5 nitrogen and oxygen atoms in total. The molecule has 1 heterocycles. The molecule has 0 saturated carbocycles. The number of benzene rings is 3. The molecule has 0 aliphatic carbocycles. The van der Waals surface area contributed by atoms with Gasteiger partial charge in [-0.3, -0.25) is 14.5 Å². The maximum absolute atomic E-state index is 12.9. The van der Waals surface area contributed by atoms with Crippen LogP contribution >= 0.6 is 35.0 Å². The first-order valence-corrected chi connectivity index (χ1v) is 12.0. The summed E-state index contributed by atoms with van der Waals surface area (Å²) in [5.74, 6) is 0.479. The molecule has 3 aromatic carbocycles. The number of hydrogen-bond acceptors (Lipinski definition) is 5. The largest absolute Gasteiger partial charge is 0.493 e. The van der Waals surface area contributed by atoms with Crippen molar-refractivity contribution >= 4 is 52.2 Å². The second-order valence-electron chi connectivity index (χ2n) is 7.64. The average molecular weight is 514 g/mol. The minimum absolute atomic E-state index is 0.232. The molecule has 34 heavy (non-hydrogen) atoms. The predicted octanol–water partition coefficient (Wildman–Crippen LogP) is 7.13. The monoisotopic (exact) mass is 513 g/mol. The number of ether oxygens (including phenoxy) is 2. The minimum atomic E-state index is -0.337. The van der Waals surface area contributed by atoms with Crippen molar-refractivity contribution in [1.29, 1.82) is 0 Å². The fourth-order valence-corrected chi connectivity index (χ4v) is 4.68. The molecular formula is C26H21Cl2NO4S. The van der Waals surface area contributed by atoms with Gasteiger partial charge in [0.2, 0.25) is 0 Å². The van der Waals surface area contributed by atoms with E-state index in [1.807, 2.05) is 43.3 Å². The fourth-order valence-electron chi connectivity index (χ4n) is 3.44. The highest BCUT2D eigenvalue weighted by Gasteiger charge is 2.35. The number of halogens is 2. The van der Waals surface area contributed by atoms with E-state index in [0.29, 0.717) is 32.0 Å². The molecule has 0 atom stereocenters. The fraction of sp³-hybridized carbons (Fsp3) is 0.154. The summed E-state index contributed by atoms with van der Waals surface area (Å²) in [6.45, 7) is 2.47. The van der Waals surface area contributed by atoms with Crippen LogP contribution in [0.5, 0.6) is 11.5 Å². The molecular weight excluding hydrogens is 493 g/mol. The summed E-state index contributed by atoms with van der Waals surface area (Å²) in [4.78, 5) is 27.1. The number of amides is 2. The van der Waals surface area contributed by atoms with Gasteiger partial charge in [-0.05, 0) is 71.3 Å². The minimum Gasteiger partial charge on any atom is -0.493 e. The number of aryl methyl sites for hydroxylation is 1. The molecule has 1 aliphatic heterocycles. The van der Waals surface area contributed by atoms with E-state index in [9.17, 15) is 9.59 Å². The van der Waals surface area contributed by atoms with E-state index >= 15 is 0 Å². The third-order valence-corrected chi connectivity index (χ3v) is 6.75. The number of carbonyl (C=O) groups excluding carboxylic acids is 2. The molecule has 0 unspecified atom stereocenters. The Morgan fingerprint density at radius 1 is 1.03 bits per heavy atom. The Bertz CT molecular complexity index is 1270. The summed E-state index contributed by atoms with van der Waals surface area (Å²) in [7, 11) is 1.51. The summed E-state index contributed by atoms with van der Waals surface area (Å²) < 4.78 is 11.4. The standard InChI is InChI=1S/C26H21Cl2NO4S/c1-16-5-3-4-6-19(16)14-29-25(30)23(34-26(29)31)13-18-11-21(28)24(22(12-18)32-2)33-15-17-7-9-20(27)10-8-17/h3-13H,14-15H2,1-2H3/b23-13-. The molecule has 174 valence electrons. The van der Waals surface area contributed by atoms with Crippen molar-refractivity contribution in [1.82, 2.24) is 4.90 Å². The maximum Gasteiger partial charge on any atom is 0.293 e. The Kier molecular flexibility index (Phi) is 7.51. The zero-order valence-corrected chi connectivity index (χ0v) is 20.8. The summed E-state index contributed by atoms with van der Waals surface area (Å²) >= 11 is 13.3. The normalized spacial score (nSPS) is 14.7. The van der Waals surface area contributed by atoms with Gasteiger partial charge in [-0.25, -0.2) is 0 Å². The Hall–Kier alpha value is -2.93. The van der Waals surface area contributed by atoms with E-state index in [2.05, 4.69) is 0 Å². The number of hydrogen-bond donors (Lipinski definition) is 0. The molecule has 1 aliphatic rings. The summed E-state index contributed by atoms with van der Waals surface area (Å²) in [5, 5.41) is 0.672. The molecule has 0 radical (unpaired) electrons. The molecule has 0 bridgehead atoms. The number of rotatable bonds is 7. The van der Waals surface area contributed by atoms with Crippen molar-refractivity contribution < 1.29 is 19.1 Å². The van der Waals surface area contributed by atoms with Gasteiger partial charge in [0.1, 0.15) is 6.61 Å². The third kappa shape index (κ3) is 5.41.